The minimum absolute atomic E-state index is 0.00473. The number of rotatable bonds is 5. The third-order valence-corrected chi connectivity index (χ3v) is 5.53. The van der Waals surface area contributed by atoms with Crippen LogP contribution < -0.4 is 5.32 Å². The molecule has 1 N–H and O–H groups in total. The lowest BCUT2D eigenvalue weighted by atomic mass is 10.0. The van der Waals surface area contributed by atoms with Gasteiger partial charge in [-0.25, -0.2) is 4.68 Å². The summed E-state index contributed by atoms with van der Waals surface area (Å²) in [5.41, 5.74) is 4.98. The van der Waals surface area contributed by atoms with E-state index in [1.807, 2.05) is 48.9 Å². The highest BCUT2D eigenvalue weighted by molar-refractivity contribution is 5.94. The van der Waals surface area contributed by atoms with Crippen LogP contribution in [0.25, 0.3) is 5.69 Å². The molecule has 2 aromatic carbocycles. The Bertz CT molecular complexity index is 972. The quantitative estimate of drug-likeness (QED) is 0.722. The fraction of sp³-hybridized carbons (Fsp3) is 0.333. The van der Waals surface area contributed by atoms with E-state index in [0.717, 1.165) is 49.6 Å². The molecule has 5 nitrogen and oxygen atoms in total. The molecule has 2 heterocycles. The highest BCUT2D eigenvalue weighted by atomic mass is 16.1. The zero-order valence-electron chi connectivity index (χ0n) is 17.1. The average Bonchev–Trinajstić information content (AvgIpc) is 3.08. The van der Waals surface area contributed by atoms with Gasteiger partial charge in [0, 0.05) is 36.9 Å². The third kappa shape index (κ3) is 4.74. The number of nitrogens with zero attached hydrogens (tertiary/aromatic N) is 3. The van der Waals surface area contributed by atoms with Gasteiger partial charge in [0.05, 0.1) is 11.4 Å². The maximum Gasteiger partial charge on any atom is 0.251 e. The Balaban J connectivity index is 1.34. The molecule has 3 aromatic rings. The van der Waals surface area contributed by atoms with Crippen molar-refractivity contribution in [1.29, 1.82) is 0 Å². The first-order chi connectivity index (χ1) is 14.1. The van der Waals surface area contributed by atoms with E-state index in [2.05, 4.69) is 45.6 Å². The van der Waals surface area contributed by atoms with Gasteiger partial charge in [0.25, 0.3) is 5.91 Å². The molecule has 1 aliphatic heterocycles. The van der Waals surface area contributed by atoms with Crippen LogP contribution in [0.5, 0.6) is 0 Å². The molecule has 4 rings (SSSR count). The van der Waals surface area contributed by atoms with Crippen LogP contribution in [0.3, 0.4) is 0 Å². The summed E-state index contributed by atoms with van der Waals surface area (Å²) < 4.78 is 1.88. The number of aromatic nitrogens is 2. The maximum atomic E-state index is 12.8. The molecule has 0 spiro atoms. The number of likely N-dealkylation sites (tertiary alicyclic amines) is 1. The van der Waals surface area contributed by atoms with E-state index in [1.165, 1.54) is 5.56 Å². The number of aryl methyl sites for hydroxylation is 2. The van der Waals surface area contributed by atoms with Crippen molar-refractivity contribution < 1.29 is 4.79 Å². The summed E-state index contributed by atoms with van der Waals surface area (Å²) in [6.45, 7) is 6.99. The molecule has 0 atom stereocenters. The molecule has 1 fully saturated rings. The molecule has 0 unspecified atom stereocenters. The second-order valence-corrected chi connectivity index (χ2v) is 7.90. The number of hydrogen-bond acceptors (Lipinski definition) is 3. The van der Waals surface area contributed by atoms with Gasteiger partial charge in [0.15, 0.2) is 0 Å². The first-order valence-corrected chi connectivity index (χ1v) is 10.3. The van der Waals surface area contributed by atoms with E-state index in [9.17, 15) is 4.79 Å². The van der Waals surface area contributed by atoms with Gasteiger partial charge >= 0.3 is 0 Å². The van der Waals surface area contributed by atoms with Crippen molar-refractivity contribution >= 4 is 5.91 Å². The summed E-state index contributed by atoms with van der Waals surface area (Å²) in [4.78, 5) is 15.3. The first-order valence-electron chi connectivity index (χ1n) is 10.3. The van der Waals surface area contributed by atoms with E-state index in [4.69, 9.17) is 0 Å². The van der Waals surface area contributed by atoms with Crippen LogP contribution in [-0.4, -0.2) is 39.7 Å². The maximum absolute atomic E-state index is 12.8. The van der Waals surface area contributed by atoms with Crippen molar-refractivity contribution in [2.45, 2.75) is 39.3 Å². The van der Waals surface area contributed by atoms with Crippen molar-refractivity contribution in [3.63, 3.8) is 0 Å². The Hall–Kier alpha value is -2.92. The highest BCUT2D eigenvalue weighted by Crippen LogP contribution is 2.16. The average molecular weight is 389 g/mol. The van der Waals surface area contributed by atoms with Gasteiger partial charge in [0.1, 0.15) is 0 Å². The summed E-state index contributed by atoms with van der Waals surface area (Å²) in [5.74, 6) is -0.00473. The Morgan fingerprint density at radius 2 is 1.79 bits per heavy atom. The lowest BCUT2D eigenvalue weighted by Crippen LogP contribution is -2.44. The molecule has 1 saturated heterocycles. The zero-order chi connectivity index (χ0) is 20.2. The molecule has 0 radical (unpaired) electrons. The van der Waals surface area contributed by atoms with Crippen LogP contribution in [0.1, 0.15) is 40.2 Å². The predicted molar refractivity (Wildman–Crippen MR) is 115 cm³/mol. The Morgan fingerprint density at radius 1 is 1.03 bits per heavy atom. The second-order valence-electron chi connectivity index (χ2n) is 7.90. The number of carbonyl (C=O) groups excluding carboxylic acids is 1. The summed E-state index contributed by atoms with van der Waals surface area (Å²) in [7, 11) is 0. The highest BCUT2D eigenvalue weighted by Gasteiger charge is 2.21. The number of carbonyl (C=O) groups is 1. The van der Waals surface area contributed by atoms with Crippen LogP contribution in [0.4, 0.5) is 0 Å². The van der Waals surface area contributed by atoms with Crippen LogP contribution in [0.15, 0.2) is 60.7 Å². The van der Waals surface area contributed by atoms with Gasteiger partial charge in [-0.2, -0.15) is 5.10 Å². The first kappa shape index (κ1) is 19.4. The van der Waals surface area contributed by atoms with Gasteiger partial charge in [-0.3, -0.25) is 9.69 Å². The Labute approximate surface area is 172 Å². The molecular weight excluding hydrogens is 360 g/mol. The van der Waals surface area contributed by atoms with Gasteiger partial charge < -0.3 is 5.32 Å². The molecule has 5 heteroatoms. The van der Waals surface area contributed by atoms with Gasteiger partial charge in [-0.15, -0.1) is 0 Å². The van der Waals surface area contributed by atoms with Gasteiger partial charge in [-0.05, 0) is 56.5 Å². The molecule has 0 saturated carbocycles. The SMILES string of the molecule is Cc1cc(C)n(-c2cccc(C(=O)NC3CCN(Cc4ccccc4)CC3)c2)n1. The summed E-state index contributed by atoms with van der Waals surface area (Å²) >= 11 is 0. The topological polar surface area (TPSA) is 50.2 Å². The molecule has 1 aromatic heterocycles. The van der Waals surface area contributed by atoms with Crippen molar-refractivity contribution in [1.82, 2.24) is 20.0 Å². The van der Waals surface area contributed by atoms with E-state index < -0.39 is 0 Å². The second kappa shape index (κ2) is 8.62. The zero-order valence-corrected chi connectivity index (χ0v) is 17.1. The molecule has 150 valence electrons. The Morgan fingerprint density at radius 3 is 2.48 bits per heavy atom. The molecule has 1 aliphatic rings. The minimum Gasteiger partial charge on any atom is -0.349 e. The lowest BCUT2D eigenvalue weighted by Gasteiger charge is -2.32. The molecule has 1 amide bonds. The monoisotopic (exact) mass is 388 g/mol. The van der Waals surface area contributed by atoms with Crippen molar-refractivity contribution in [3.8, 4) is 5.69 Å². The predicted octanol–water partition coefficient (Wildman–Crippen LogP) is 3.88. The normalized spacial score (nSPS) is 15.4. The number of amides is 1. The van der Waals surface area contributed by atoms with Crippen molar-refractivity contribution in [2.75, 3.05) is 13.1 Å². The van der Waals surface area contributed by atoms with E-state index in [-0.39, 0.29) is 11.9 Å². The van der Waals surface area contributed by atoms with E-state index >= 15 is 0 Å². The number of piperidine rings is 1. The number of benzene rings is 2. The summed E-state index contributed by atoms with van der Waals surface area (Å²) in [6.07, 6.45) is 1.96. The van der Waals surface area contributed by atoms with Crippen LogP contribution in [-0.2, 0) is 6.54 Å². The smallest absolute Gasteiger partial charge is 0.251 e. The Kier molecular flexibility index (Phi) is 5.76. The van der Waals surface area contributed by atoms with Crippen molar-refractivity contribution in [2.24, 2.45) is 0 Å². The summed E-state index contributed by atoms with van der Waals surface area (Å²) in [5, 5.41) is 7.74. The minimum atomic E-state index is -0.00473. The van der Waals surface area contributed by atoms with Gasteiger partial charge in [-0.1, -0.05) is 36.4 Å². The van der Waals surface area contributed by atoms with Crippen LogP contribution in [0.2, 0.25) is 0 Å². The third-order valence-electron chi connectivity index (χ3n) is 5.53. The van der Waals surface area contributed by atoms with Crippen LogP contribution >= 0.6 is 0 Å². The fourth-order valence-corrected chi connectivity index (χ4v) is 4.01. The molecule has 0 bridgehead atoms. The van der Waals surface area contributed by atoms with Crippen molar-refractivity contribution in [3.05, 3.63) is 83.2 Å². The van der Waals surface area contributed by atoms with E-state index in [0.29, 0.717) is 5.56 Å². The molecule has 29 heavy (non-hydrogen) atoms. The molecular formula is C24H28N4O. The van der Waals surface area contributed by atoms with Gasteiger partial charge in [0.2, 0.25) is 0 Å². The van der Waals surface area contributed by atoms with Crippen LogP contribution in [0, 0.1) is 13.8 Å². The fourth-order valence-electron chi connectivity index (χ4n) is 4.01. The largest absolute Gasteiger partial charge is 0.349 e. The molecule has 0 aliphatic carbocycles. The lowest BCUT2D eigenvalue weighted by molar-refractivity contribution is 0.0909. The standard InChI is InChI=1S/C24H28N4O/c1-18-15-19(2)28(26-18)23-10-6-9-21(16-23)24(29)25-22-11-13-27(14-12-22)17-20-7-4-3-5-8-20/h3-10,15-16,22H,11-14,17H2,1-2H3,(H,25,29). The summed E-state index contributed by atoms with van der Waals surface area (Å²) in [6, 6.07) is 20.5. The number of hydrogen-bond donors (Lipinski definition) is 1. The van der Waals surface area contributed by atoms with E-state index in [1.54, 1.807) is 0 Å². The number of nitrogens with one attached hydrogen (secondary N) is 1.